The normalized spacial score (nSPS) is 12.1. The van der Waals surface area contributed by atoms with Crippen LogP contribution in [0.4, 0.5) is 4.39 Å². The van der Waals surface area contributed by atoms with Crippen molar-refractivity contribution in [3.8, 4) is 22.8 Å². The van der Waals surface area contributed by atoms with E-state index in [2.05, 4.69) is 35.4 Å². The zero-order valence-electron chi connectivity index (χ0n) is 17.5. The van der Waals surface area contributed by atoms with Crippen molar-refractivity contribution in [2.24, 2.45) is 0 Å². The number of H-pyrrole nitrogens is 1. The maximum Gasteiger partial charge on any atom is 0.270 e. The first-order valence-electron chi connectivity index (χ1n) is 10.2. The number of amides is 1. The quantitative estimate of drug-likeness (QED) is 0.406. The van der Waals surface area contributed by atoms with Gasteiger partial charge in [-0.1, -0.05) is 11.2 Å². The second kappa shape index (κ2) is 8.58. The molecular formula is C23H18FN7O2. The van der Waals surface area contributed by atoms with E-state index in [-0.39, 0.29) is 11.6 Å². The summed E-state index contributed by atoms with van der Waals surface area (Å²) in [5.41, 5.74) is 4.16. The number of hydrogen-bond acceptors (Lipinski definition) is 7. The lowest BCUT2D eigenvalue weighted by atomic mass is 10.1. The van der Waals surface area contributed by atoms with Crippen LogP contribution in [0.2, 0.25) is 0 Å². The molecule has 2 N–H and O–H groups in total. The predicted molar refractivity (Wildman–Crippen MR) is 118 cm³/mol. The van der Waals surface area contributed by atoms with Gasteiger partial charge < -0.3 is 14.8 Å². The highest BCUT2D eigenvalue weighted by molar-refractivity contribution is 5.93. The van der Waals surface area contributed by atoms with Gasteiger partial charge in [0.05, 0.1) is 22.8 Å². The summed E-state index contributed by atoms with van der Waals surface area (Å²) in [4.78, 5) is 32.6. The molecular weight excluding hydrogens is 425 g/mol. The average Bonchev–Trinajstić information content (AvgIpc) is 3.51. The van der Waals surface area contributed by atoms with Gasteiger partial charge in [0.15, 0.2) is 5.82 Å². The molecule has 0 aliphatic carbocycles. The largest absolute Gasteiger partial charge is 0.353 e. The van der Waals surface area contributed by atoms with E-state index in [4.69, 9.17) is 4.52 Å². The van der Waals surface area contributed by atoms with Gasteiger partial charge in [-0.05, 0) is 42.8 Å². The van der Waals surface area contributed by atoms with Gasteiger partial charge in [-0.25, -0.2) is 19.3 Å². The molecule has 0 aliphatic rings. The number of pyridine rings is 1. The molecule has 1 atom stereocenters. The number of imidazole rings is 1. The second-order valence-electron chi connectivity index (χ2n) is 7.41. The molecule has 1 amide bonds. The fraction of sp³-hybridized carbons (Fsp3) is 0.130. The molecule has 0 saturated carbocycles. The maximum atomic E-state index is 12.9. The van der Waals surface area contributed by atoms with Crippen molar-refractivity contribution in [2.75, 3.05) is 0 Å². The van der Waals surface area contributed by atoms with E-state index >= 15 is 0 Å². The first kappa shape index (κ1) is 20.4. The number of halogens is 1. The van der Waals surface area contributed by atoms with Gasteiger partial charge in [0.25, 0.3) is 5.91 Å². The molecule has 0 aliphatic heterocycles. The van der Waals surface area contributed by atoms with E-state index in [1.807, 2.05) is 0 Å². The highest BCUT2D eigenvalue weighted by atomic mass is 19.1. The Kier molecular flexibility index (Phi) is 5.31. The maximum absolute atomic E-state index is 12.9. The number of hydrogen-bond donors (Lipinski definition) is 2. The molecule has 4 aromatic heterocycles. The van der Waals surface area contributed by atoms with Gasteiger partial charge in [-0.15, -0.1) is 0 Å². The Morgan fingerprint density at radius 1 is 1.15 bits per heavy atom. The molecule has 10 heteroatoms. The Hall–Kier alpha value is -4.47. The van der Waals surface area contributed by atoms with Crippen molar-refractivity contribution in [1.82, 2.24) is 35.4 Å². The van der Waals surface area contributed by atoms with Gasteiger partial charge in [0, 0.05) is 24.0 Å². The zero-order chi connectivity index (χ0) is 22.8. The van der Waals surface area contributed by atoms with Gasteiger partial charge in [0.2, 0.25) is 5.76 Å². The number of rotatable bonds is 6. The number of carbonyl (C=O) groups is 1. The minimum atomic E-state index is -0.551. The number of aromatic nitrogens is 6. The first-order chi connectivity index (χ1) is 16.1. The molecule has 0 unspecified atom stereocenters. The molecule has 9 nitrogen and oxygen atoms in total. The number of alkyl halides is 1. The standard InChI is InChI=1S/C23H18FN7O2/c1-13(28-23(32)20-9-18(26-12-27-20)15-4-6-25-7-5-15)17-10-21(33-31-17)22-29-16-3-2-14(11-24)8-19(16)30-22/h2-10,12-13H,11H2,1H3,(H,28,32)(H,29,30)/t13-/m0/s1. The third-order valence-corrected chi connectivity index (χ3v) is 5.13. The Labute approximate surface area is 187 Å². The van der Waals surface area contributed by atoms with E-state index in [1.54, 1.807) is 61.8 Å². The van der Waals surface area contributed by atoms with E-state index in [0.717, 1.165) is 5.56 Å². The fourth-order valence-electron chi connectivity index (χ4n) is 3.37. The highest BCUT2D eigenvalue weighted by Gasteiger charge is 2.19. The summed E-state index contributed by atoms with van der Waals surface area (Å²) in [5.74, 6) is 0.509. The fourth-order valence-corrected chi connectivity index (χ4v) is 3.37. The molecule has 1 aromatic carbocycles. The van der Waals surface area contributed by atoms with Crippen molar-refractivity contribution in [3.05, 3.63) is 78.1 Å². The van der Waals surface area contributed by atoms with Crippen LogP contribution in [0.25, 0.3) is 33.9 Å². The number of fused-ring (bicyclic) bond motifs is 1. The smallest absolute Gasteiger partial charge is 0.270 e. The summed E-state index contributed by atoms with van der Waals surface area (Å²) in [7, 11) is 0. The lowest BCUT2D eigenvalue weighted by Crippen LogP contribution is -2.27. The minimum absolute atomic E-state index is 0.230. The van der Waals surface area contributed by atoms with Gasteiger partial charge in [0.1, 0.15) is 24.4 Å². The van der Waals surface area contributed by atoms with Crippen LogP contribution >= 0.6 is 0 Å². The van der Waals surface area contributed by atoms with Crippen molar-refractivity contribution in [3.63, 3.8) is 0 Å². The van der Waals surface area contributed by atoms with Crippen molar-refractivity contribution in [2.45, 2.75) is 19.6 Å². The van der Waals surface area contributed by atoms with Gasteiger partial charge in [-0.2, -0.15) is 0 Å². The minimum Gasteiger partial charge on any atom is -0.353 e. The molecule has 0 fully saturated rings. The lowest BCUT2D eigenvalue weighted by Gasteiger charge is -2.10. The van der Waals surface area contributed by atoms with Crippen LogP contribution < -0.4 is 5.32 Å². The van der Waals surface area contributed by atoms with E-state index in [1.165, 1.54) is 6.33 Å². The summed E-state index contributed by atoms with van der Waals surface area (Å²) in [6, 6.07) is 11.6. The summed E-state index contributed by atoms with van der Waals surface area (Å²) in [5, 5.41) is 6.92. The Morgan fingerprint density at radius 3 is 2.82 bits per heavy atom. The van der Waals surface area contributed by atoms with Crippen LogP contribution in [0.15, 0.2) is 65.7 Å². The number of carbonyl (C=O) groups excluding carboxylic acids is 1. The van der Waals surface area contributed by atoms with Crippen LogP contribution in [-0.4, -0.2) is 36.0 Å². The van der Waals surface area contributed by atoms with Crippen LogP contribution in [0.5, 0.6) is 0 Å². The molecule has 5 rings (SSSR count). The van der Waals surface area contributed by atoms with E-state index < -0.39 is 12.7 Å². The lowest BCUT2D eigenvalue weighted by molar-refractivity contribution is 0.0933. The predicted octanol–water partition coefficient (Wildman–Crippen LogP) is 4.03. The summed E-state index contributed by atoms with van der Waals surface area (Å²) >= 11 is 0. The SMILES string of the molecule is C[C@H](NC(=O)c1cc(-c2ccncc2)ncn1)c1cc(-c2nc3ccc(CF)cc3[nH]2)on1. The van der Waals surface area contributed by atoms with Gasteiger partial charge >= 0.3 is 0 Å². The summed E-state index contributed by atoms with van der Waals surface area (Å²) in [6.45, 7) is 1.24. The van der Waals surface area contributed by atoms with Crippen LogP contribution in [0.3, 0.4) is 0 Å². The van der Waals surface area contributed by atoms with Crippen LogP contribution in [-0.2, 0) is 6.67 Å². The number of aromatic amines is 1. The van der Waals surface area contributed by atoms with Gasteiger partial charge in [-0.3, -0.25) is 9.78 Å². The van der Waals surface area contributed by atoms with Crippen molar-refractivity contribution < 1.29 is 13.7 Å². The molecule has 5 aromatic rings. The molecule has 0 bridgehead atoms. The number of nitrogens with one attached hydrogen (secondary N) is 2. The van der Waals surface area contributed by atoms with E-state index in [9.17, 15) is 9.18 Å². The molecule has 0 radical (unpaired) electrons. The van der Waals surface area contributed by atoms with Crippen molar-refractivity contribution in [1.29, 1.82) is 0 Å². The monoisotopic (exact) mass is 443 g/mol. The Morgan fingerprint density at radius 2 is 2.00 bits per heavy atom. The van der Waals surface area contributed by atoms with Crippen LogP contribution in [0, 0.1) is 0 Å². The topological polar surface area (TPSA) is 122 Å². The Balaban J connectivity index is 1.32. The summed E-state index contributed by atoms with van der Waals surface area (Å²) in [6.07, 6.45) is 4.66. The zero-order valence-corrected chi connectivity index (χ0v) is 17.5. The first-order valence-corrected chi connectivity index (χ1v) is 10.2. The average molecular weight is 443 g/mol. The number of benzene rings is 1. The summed E-state index contributed by atoms with van der Waals surface area (Å²) < 4.78 is 18.3. The Bertz CT molecular complexity index is 1430. The molecule has 33 heavy (non-hydrogen) atoms. The van der Waals surface area contributed by atoms with Crippen molar-refractivity contribution >= 4 is 16.9 Å². The van der Waals surface area contributed by atoms with E-state index in [0.29, 0.717) is 39.6 Å². The molecule has 0 saturated heterocycles. The third kappa shape index (κ3) is 4.18. The second-order valence-corrected chi connectivity index (χ2v) is 7.41. The molecule has 164 valence electrons. The number of nitrogens with zero attached hydrogens (tertiary/aromatic N) is 5. The molecule has 4 heterocycles. The highest BCUT2D eigenvalue weighted by Crippen LogP contribution is 2.24. The van der Waals surface area contributed by atoms with Crippen LogP contribution in [0.1, 0.15) is 34.7 Å². The third-order valence-electron chi connectivity index (χ3n) is 5.13. The molecule has 0 spiro atoms.